The molecule has 1 saturated heterocycles. The van der Waals surface area contributed by atoms with Gasteiger partial charge in [-0.3, -0.25) is 4.79 Å². The second-order valence-electron chi connectivity index (χ2n) is 6.62. The third kappa shape index (κ3) is 5.66. The van der Waals surface area contributed by atoms with E-state index in [4.69, 9.17) is 4.74 Å². The van der Waals surface area contributed by atoms with Crippen LogP contribution >= 0.6 is 0 Å². The number of carbonyl (C=O) groups excluding carboxylic acids is 1. The maximum atomic E-state index is 12.1. The molecule has 0 aliphatic carbocycles. The third-order valence-electron chi connectivity index (χ3n) is 4.23. The summed E-state index contributed by atoms with van der Waals surface area (Å²) < 4.78 is 5.25. The van der Waals surface area contributed by atoms with Gasteiger partial charge in [0.1, 0.15) is 5.75 Å². The molecule has 1 aromatic carbocycles. The van der Waals surface area contributed by atoms with Crippen molar-refractivity contribution in [1.82, 2.24) is 15.5 Å². The number of methoxy groups -OCH3 is 1. The van der Waals surface area contributed by atoms with Crippen molar-refractivity contribution >= 4 is 11.9 Å². The molecule has 25 heavy (non-hydrogen) atoms. The first-order valence-electron chi connectivity index (χ1n) is 9.00. The molecule has 1 aliphatic rings. The Balaban J connectivity index is 1.95. The molecule has 6 nitrogen and oxygen atoms in total. The molecular weight excluding hydrogens is 316 g/mol. The minimum absolute atomic E-state index is 0.0497. The highest BCUT2D eigenvalue weighted by atomic mass is 16.5. The van der Waals surface area contributed by atoms with Crippen molar-refractivity contribution < 1.29 is 9.53 Å². The monoisotopic (exact) mass is 346 g/mol. The van der Waals surface area contributed by atoms with Gasteiger partial charge in [0.25, 0.3) is 0 Å². The maximum absolute atomic E-state index is 12.1. The van der Waals surface area contributed by atoms with E-state index in [9.17, 15) is 4.79 Å². The van der Waals surface area contributed by atoms with Crippen molar-refractivity contribution in [3.05, 3.63) is 29.8 Å². The smallest absolute Gasteiger partial charge is 0.225 e. The predicted octanol–water partition coefficient (Wildman–Crippen LogP) is 2.01. The predicted molar refractivity (Wildman–Crippen MR) is 101 cm³/mol. The van der Waals surface area contributed by atoms with Gasteiger partial charge in [-0.15, -0.1) is 0 Å². The number of nitrogens with zero attached hydrogens (tertiary/aromatic N) is 2. The lowest BCUT2D eigenvalue weighted by molar-refractivity contribution is -0.133. The van der Waals surface area contributed by atoms with E-state index in [0.717, 1.165) is 43.3 Å². The number of benzene rings is 1. The molecule has 2 N–H and O–H groups in total. The van der Waals surface area contributed by atoms with Crippen LogP contribution in [0.3, 0.4) is 0 Å². The fraction of sp³-hybridized carbons (Fsp3) is 0.579. The van der Waals surface area contributed by atoms with Gasteiger partial charge in [0.05, 0.1) is 13.7 Å². The number of rotatable bonds is 6. The highest BCUT2D eigenvalue weighted by Gasteiger charge is 2.27. The molecule has 0 saturated carbocycles. The van der Waals surface area contributed by atoms with Crippen LogP contribution < -0.4 is 15.4 Å². The standard InChI is InChI=1S/C19H30N4O2/c1-5-20-19(21-12-15-7-6-8-17(11-15)25-4)22-16-9-10-23(13-16)18(24)14(2)3/h6-8,11,14,16H,5,9-10,12-13H2,1-4H3,(H2,20,21,22). The molecule has 1 fully saturated rings. The van der Waals surface area contributed by atoms with E-state index in [0.29, 0.717) is 6.54 Å². The van der Waals surface area contributed by atoms with Gasteiger partial charge in [0, 0.05) is 31.6 Å². The summed E-state index contributed by atoms with van der Waals surface area (Å²) in [7, 11) is 1.66. The van der Waals surface area contributed by atoms with E-state index < -0.39 is 0 Å². The van der Waals surface area contributed by atoms with Crippen molar-refractivity contribution in [3.8, 4) is 5.75 Å². The van der Waals surface area contributed by atoms with Crippen LogP contribution in [0.15, 0.2) is 29.3 Å². The molecular formula is C19H30N4O2. The highest BCUT2D eigenvalue weighted by Crippen LogP contribution is 2.14. The van der Waals surface area contributed by atoms with Gasteiger partial charge < -0.3 is 20.3 Å². The molecule has 0 radical (unpaired) electrons. The maximum Gasteiger partial charge on any atom is 0.225 e. The SMILES string of the molecule is CCNC(=NCc1cccc(OC)c1)NC1CCN(C(=O)C(C)C)C1. The van der Waals surface area contributed by atoms with Crippen LogP contribution in [0, 0.1) is 5.92 Å². The number of likely N-dealkylation sites (tertiary alicyclic amines) is 1. The van der Waals surface area contributed by atoms with Gasteiger partial charge in [-0.05, 0) is 31.0 Å². The van der Waals surface area contributed by atoms with E-state index in [2.05, 4.69) is 15.6 Å². The Labute approximate surface area is 150 Å². The van der Waals surface area contributed by atoms with Gasteiger partial charge in [-0.25, -0.2) is 4.99 Å². The van der Waals surface area contributed by atoms with Crippen molar-refractivity contribution in [1.29, 1.82) is 0 Å². The van der Waals surface area contributed by atoms with Crippen LogP contribution in [0.1, 0.15) is 32.8 Å². The van der Waals surface area contributed by atoms with Crippen LogP contribution in [0.25, 0.3) is 0 Å². The molecule has 1 atom stereocenters. The van der Waals surface area contributed by atoms with Gasteiger partial charge in [0.15, 0.2) is 5.96 Å². The zero-order valence-electron chi connectivity index (χ0n) is 15.7. The van der Waals surface area contributed by atoms with Crippen LogP contribution in [0.5, 0.6) is 5.75 Å². The molecule has 138 valence electrons. The van der Waals surface area contributed by atoms with Gasteiger partial charge in [-0.1, -0.05) is 26.0 Å². The quantitative estimate of drug-likeness (QED) is 0.611. The Morgan fingerprint density at radius 1 is 1.44 bits per heavy atom. The van der Waals surface area contributed by atoms with Crippen molar-refractivity contribution in [2.45, 2.75) is 39.8 Å². The molecule has 1 unspecified atom stereocenters. The summed E-state index contributed by atoms with van der Waals surface area (Å²) in [6.07, 6.45) is 0.946. The number of aliphatic imine (C=N–C) groups is 1. The minimum atomic E-state index is 0.0497. The van der Waals surface area contributed by atoms with Crippen molar-refractivity contribution in [2.75, 3.05) is 26.7 Å². The Kier molecular flexibility index (Phi) is 7.10. The van der Waals surface area contributed by atoms with E-state index in [1.165, 1.54) is 0 Å². The third-order valence-corrected chi connectivity index (χ3v) is 4.23. The number of carbonyl (C=O) groups is 1. The van der Waals surface area contributed by atoms with Crippen LogP contribution in [-0.2, 0) is 11.3 Å². The summed E-state index contributed by atoms with van der Waals surface area (Å²) >= 11 is 0. The zero-order valence-corrected chi connectivity index (χ0v) is 15.7. The molecule has 2 rings (SSSR count). The van der Waals surface area contributed by atoms with Gasteiger partial charge in [-0.2, -0.15) is 0 Å². The Hall–Kier alpha value is -2.24. The first kappa shape index (κ1) is 19.1. The van der Waals surface area contributed by atoms with E-state index in [1.54, 1.807) is 7.11 Å². The molecule has 0 bridgehead atoms. The Morgan fingerprint density at radius 2 is 2.24 bits per heavy atom. The summed E-state index contributed by atoms with van der Waals surface area (Å²) in [5.74, 6) is 1.90. The first-order valence-corrected chi connectivity index (χ1v) is 9.00. The summed E-state index contributed by atoms with van der Waals surface area (Å²) in [5.41, 5.74) is 1.10. The van der Waals surface area contributed by atoms with E-state index in [1.807, 2.05) is 49.9 Å². The van der Waals surface area contributed by atoms with Crippen molar-refractivity contribution in [3.63, 3.8) is 0 Å². The number of ether oxygens (including phenoxy) is 1. The zero-order chi connectivity index (χ0) is 18.2. The normalized spacial score (nSPS) is 17.7. The number of amides is 1. The lowest BCUT2D eigenvalue weighted by atomic mass is 10.2. The number of hydrogen-bond acceptors (Lipinski definition) is 3. The lowest BCUT2D eigenvalue weighted by Crippen LogP contribution is -2.45. The number of guanidine groups is 1. The highest BCUT2D eigenvalue weighted by molar-refractivity contribution is 5.81. The summed E-state index contributed by atoms with van der Waals surface area (Å²) in [6, 6.07) is 8.16. The molecule has 1 aromatic rings. The Morgan fingerprint density at radius 3 is 2.92 bits per heavy atom. The minimum Gasteiger partial charge on any atom is -0.497 e. The molecule has 6 heteroatoms. The summed E-state index contributed by atoms with van der Waals surface area (Å²) in [6.45, 7) is 8.86. The van der Waals surface area contributed by atoms with Crippen LogP contribution in [-0.4, -0.2) is 49.6 Å². The van der Waals surface area contributed by atoms with Crippen LogP contribution in [0.2, 0.25) is 0 Å². The van der Waals surface area contributed by atoms with Crippen molar-refractivity contribution in [2.24, 2.45) is 10.9 Å². The molecule has 1 amide bonds. The fourth-order valence-corrected chi connectivity index (χ4v) is 2.90. The fourth-order valence-electron chi connectivity index (χ4n) is 2.90. The molecule has 1 aliphatic heterocycles. The molecule has 1 heterocycles. The summed E-state index contributed by atoms with van der Waals surface area (Å²) in [5, 5.41) is 6.73. The first-order chi connectivity index (χ1) is 12.0. The van der Waals surface area contributed by atoms with E-state index in [-0.39, 0.29) is 17.9 Å². The van der Waals surface area contributed by atoms with Gasteiger partial charge in [0.2, 0.25) is 5.91 Å². The number of hydrogen-bond donors (Lipinski definition) is 2. The largest absolute Gasteiger partial charge is 0.497 e. The van der Waals surface area contributed by atoms with Crippen LogP contribution in [0.4, 0.5) is 0 Å². The van der Waals surface area contributed by atoms with E-state index >= 15 is 0 Å². The molecule has 0 spiro atoms. The average molecular weight is 346 g/mol. The molecule has 0 aromatic heterocycles. The average Bonchev–Trinajstić information content (AvgIpc) is 3.07. The topological polar surface area (TPSA) is 66.0 Å². The summed E-state index contributed by atoms with van der Waals surface area (Å²) in [4.78, 5) is 18.7. The second kappa shape index (κ2) is 9.30. The second-order valence-corrected chi connectivity index (χ2v) is 6.62. The van der Waals surface area contributed by atoms with Gasteiger partial charge >= 0.3 is 0 Å². The Bertz CT molecular complexity index is 601. The lowest BCUT2D eigenvalue weighted by Gasteiger charge is -2.20. The number of nitrogens with one attached hydrogen (secondary N) is 2.